The third-order valence-corrected chi connectivity index (χ3v) is 3.98. The lowest BCUT2D eigenvalue weighted by molar-refractivity contribution is -0.151. The third-order valence-electron chi connectivity index (χ3n) is 3.98. The number of amides is 1. The molecule has 0 bridgehead atoms. The number of rotatable bonds is 5. The summed E-state index contributed by atoms with van der Waals surface area (Å²) in [4.78, 5) is 24.1. The number of carbonyl (C=O) groups excluding carboxylic acids is 2. The minimum atomic E-state index is -0.886. The number of hydrogen-bond acceptors (Lipinski definition) is 3. The molecule has 104 valence electrons. The minimum Gasteiger partial charge on any atom is -0.467 e. The van der Waals surface area contributed by atoms with Crippen LogP contribution in [0.1, 0.15) is 52.9 Å². The summed E-state index contributed by atoms with van der Waals surface area (Å²) < 4.78 is 4.80. The Kier molecular flexibility index (Phi) is 5.17. The second-order valence-corrected chi connectivity index (χ2v) is 5.58. The Morgan fingerprint density at radius 1 is 1.39 bits per heavy atom. The molecule has 0 saturated heterocycles. The second-order valence-electron chi connectivity index (χ2n) is 5.58. The van der Waals surface area contributed by atoms with Crippen molar-refractivity contribution in [2.75, 3.05) is 7.11 Å². The summed E-state index contributed by atoms with van der Waals surface area (Å²) in [6.07, 6.45) is 4.55. The monoisotopic (exact) mass is 255 g/mol. The normalized spacial score (nSPS) is 26.4. The van der Waals surface area contributed by atoms with E-state index in [0.29, 0.717) is 12.3 Å². The van der Waals surface area contributed by atoms with Crippen molar-refractivity contribution in [2.45, 2.75) is 58.4 Å². The maximum absolute atomic E-state index is 12.2. The summed E-state index contributed by atoms with van der Waals surface area (Å²) in [6.45, 7) is 5.85. The van der Waals surface area contributed by atoms with Crippen LogP contribution in [0.2, 0.25) is 0 Å². The van der Waals surface area contributed by atoms with Crippen LogP contribution >= 0.6 is 0 Å². The largest absolute Gasteiger partial charge is 0.467 e. The van der Waals surface area contributed by atoms with Crippen molar-refractivity contribution < 1.29 is 14.3 Å². The van der Waals surface area contributed by atoms with Crippen LogP contribution in [-0.4, -0.2) is 24.5 Å². The molecular weight excluding hydrogens is 230 g/mol. The molecule has 4 nitrogen and oxygen atoms in total. The predicted molar refractivity (Wildman–Crippen MR) is 70.0 cm³/mol. The van der Waals surface area contributed by atoms with E-state index < -0.39 is 5.54 Å². The number of hydrogen-bond donors (Lipinski definition) is 1. The summed E-state index contributed by atoms with van der Waals surface area (Å²) in [7, 11) is 1.36. The van der Waals surface area contributed by atoms with Crippen molar-refractivity contribution in [1.29, 1.82) is 0 Å². The second kappa shape index (κ2) is 6.21. The molecule has 1 aliphatic carbocycles. The van der Waals surface area contributed by atoms with E-state index in [-0.39, 0.29) is 17.8 Å². The average molecular weight is 255 g/mol. The molecule has 3 unspecified atom stereocenters. The Hall–Kier alpha value is -1.06. The molecule has 1 fully saturated rings. The fourth-order valence-electron chi connectivity index (χ4n) is 2.84. The van der Waals surface area contributed by atoms with Crippen molar-refractivity contribution in [2.24, 2.45) is 11.8 Å². The van der Waals surface area contributed by atoms with Gasteiger partial charge < -0.3 is 10.1 Å². The highest BCUT2D eigenvalue weighted by Crippen LogP contribution is 2.32. The molecule has 0 heterocycles. The predicted octanol–water partition coefficient (Wildman–Crippen LogP) is 2.27. The van der Waals surface area contributed by atoms with Gasteiger partial charge in [-0.25, -0.2) is 4.79 Å². The van der Waals surface area contributed by atoms with Crippen LogP contribution in [-0.2, 0) is 14.3 Å². The van der Waals surface area contributed by atoms with Gasteiger partial charge in [0.2, 0.25) is 5.91 Å². The zero-order chi connectivity index (χ0) is 13.8. The molecule has 1 saturated carbocycles. The summed E-state index contributed by atoms with van der Waals surface area (Å²) in [5, 5.41) is 2.90. The number of ether oxygens (including phenoxy) is 1. The SMILES string of the molecule is CCCC(C)(NC(=O)C1CCCC1C)C(=O)OC. The van der Waals surface area contributed by atoms with Gasteiger partial charge in [0, 0.05) is 5.92 Å². The van der Waals surface area contributed by atoms with Gasteiger partial charge in [-0.05, 0) is 32.1 Å². The Morgan fingerprint density at radius 3 is 2.50 bits per heavy atom. The van der Waals surface area contributed by atoms with Crippen LogP contribution in [0.15, 0.2) is 0 Å². The Bertz CT molecular complexity index is 316. The lowest BCUT2D eigenvalue weighted by atomic mass is 9.92. The van der Waals surface area contributed by atoms with Crippen LogP contribution in [0.25, 0.3) is 0 Å². The van der Waals surface area contributed by atoms with Gasteiger partial charge in [0.15, 0.2) is 0 Å². The maximum Gasteiger partial charge on any atom is 0.331 e. The van der Waals surface area contributed by atoms with Crippen LogP contribution in [0.4, 0.5) is 0 Å². The van der Waals surface area contributed by atoms with Gasteiger partial charge >= 0.3 is 5.97 Å². The van der Waals surface area contributed by atoms with Gasteiger partial charge in [0.1, 0.15) is 5.54 Å². The summed E-state index contributed by atoms with van der Waals surface area (Å²) in [5.41, 5.74) is -0.886. The zero-order valence-corrected chi connectivity index (χ0v) is 11.9. The van der Waals surface area contributed by atoms with Gasteiger partial charge in [-0.3, -0.25) is 4.79 Å². The Labute approximate surface area is 109 Å². The summed E-state index contributed by atoms with van der Waals surface area (Å²) in [6, 6.07) is 0. The molecule has 1 N–H and O–H groups in total. The Balaban J connectivity index is 2.71. The van der Waals surface area contributed by atoms with E-state index in [1.807, 2.05) is 6.92 Å². The standard InChI is InChI=1S/C14H25NO3/c1-5-9-14(3,13(17)18-4)15-12(16)11-8-6-7-10(11)2/h10-11H,5-9H2,1-4H3,(H,15,16). The molecule has 18 heavy (non-hydrogen) atoms. The van der Waals surface area contributed by atoms with Crippen LogP contribution in [0.5, 0.6) is 0 Å². The van der Waals surface area contributed by atoms with Crippen LogP contribution in [0, 0.1) is 11.8 Å². The van der Waals surface area contributed by atoms with Gasteiger partial charge in [0.25, 0.3) is 0 Å². The minimum absolute atomic E-state index is 0.00125. The topological polar surface area (TPSA) is 55.4 Å². The number of nitrogens with one attached hydrogen (secondary N) is 1. The first-order valence-corrected chi connectivity index (χ1v) is 6.85. The molecule has 3 atom stereocenters. The molecule has 1 aliphatic rings. The van der Waals surface area contributed by atoms with Gasteiger partial charge in [-0.1, -0.05) is 26.7 Å². The first-order valence-electron chi connectivity index (χ1n) is 6.85. The Morgan fingerprint density at radius 2 is 2.06 bits per heavy atom. The number of esters is 1. The zero-order valence-electron chi connectivity index (χ0n) is 11.9. The fourth-order valence-corrected chi connectivity index (χ4v) is 2.84. The van der Waals surface area contributed by atoms with E-state index in [1.165, 1.54) is 7.11 Å². The van der Waals surface area contributed by atoms with Crippen molar-refractivity contribution >= 4 is 11.9 Å². The van der Waals surface area contributed by atoms with Crippen LogP contribution < -0.4 is 5.32 Å². The third kappa shape index (κ3) is 3.24. The van der Waals surface area contributed by atoms with E-state index in [0.717, 1.165) is 25.7 Å². The smallest absolute Gasteiger partial charge is 0.331 e. The lowest BCUT2D eigenvalue weighted by Gasteiger charge is -2.29. The molecule has 0 aromatic heterocycles. The van der Waals surface area contributed by atoms with Gasteiger partial charge in [-0.2, -0.15) is 0 Å². The van der Waals surface area contributed by atoms with Crippen molar-refractivity contribution in [3.63, 3.8) is 0 Å². The van der Waals surface area contributed by atoms with Gasteiger partial charge in [-0.15, -0.1) is 0 Å². The quantitative estimate of drug-likeness (QED) is 0.767. The van der Waals surface area contributed by atoms with Gasteiger partial charge in [0.05, 0.1) is 7.11 Å². The van der Waals surface area contributed by atoms with Crippen molar-refractivity contribution in [3.8, 4) is 0 Å². The van der Waals surface area contributed by atoms with E-state index in [1.54, 1.807) is 6.92 Å². The van der Waals surface area contributed by atoms with E-state index in [4.69, 9.17) is 4.74 Å². The highest BCUT2D eigenvalue weighted by molar-refractivity contribution is 5.88. The molecule has 1 rings (SSSR count). The highest BCUT2D eigenvalue weighted by Gasteiger charge is 2.39. The van der Waals surface area contributed by atoms with Crippen molar-refractivity contribution in [1.82, 2.24) is 5.32 Å². The molecule has 0 aliphatic heterocycles. The van der Waals surface area contributed by atoms with Crippen LogP contribution in [0.3, 0.4) is 0 Å². The highest BCUT2D eigenvalue weighted by atomic mass is 16.5. The van der Waals surface area contributed by atoms with Crippen molar-refractivity contribution in [3.05, 3.63) is 0 Å². The molecule has 0 spiro atoms. The molecule has 4 heteroatoms. The fraction of sp³-hybridized carbons (Fsp3) is 0.857. The molecule has 0 aromatic rings. The lowest BCUT2D eigenvalue weighted by Crippen LogP contribution is -2.54. The first-order chi connectivity index (χ1) is 8.44. The maximum atomic E-state index is 12.2. The van der Waals surface area contributed by atoms with E-state index >= 15 is 0 Å². The van der Waals surface area contributed by atoms with E-state index in [9.17, 15) is 9.59 Å². The first kappa shape index (κ1) is 15.0. The summed E-state index contributed by atoms with van der Waals surface area (Å²) in [5.74, 6) is 0.101. The molecule has 0 radical (unpaired) electrons. The molecule has 0 aromatic carbocycles. The van der Waals surface area contributed by atoms with E-state index in [2.05, 4.69) is 12.2 Å². The average Bonchev–Trinajstić information content (AvgIpc) is 2.74. The molecular formula is C14H25NO3. The summed E-state index contributed by atoms with van der Waals surface area (Å²) >= 11 is 0. The number of methoxy groups -OCH3 is 1. The number of carbonyl (C=O) groups is 2. The molecule has 1 amide bonds.